The number of nitrogens with two attached hydrogens (primary N) is 2. The predicted octanol–water partition coefficient (Wildman–Crippen LogP) is 2.14. The van der Waals surface area contributed by atoms with Gasteiger partial charge in [-0.3, -0.25) is 4.79 Å². The number of halogens is 3. The van der Waals surface area contributed by atoms with Crippen LogP contribution in [0.3, 0.4) is 0 Å². The number of nitrogens with zero attached hydrogens (tertiary/aromatic N) is 2. The van der Waals surface area contributed by atoms with Crippen molar-refractivity contribution in [1.82, 2.24) is 9.62 Å². The van der Waals surface area contributed by atoms with Gasteiger partial charge >= 0.3 is 6.18 Å². The van der Waals surface area contributed by atoms with Crippen LogP contribution in [-0.2, 0) is 16.2 Å². The van der Waals surface area contributed by atoms with Gasteiger partial charge in [-0.1, -0.05) is 0 Å². The van der Waals surface area contributed by atoms with E-state index < -0.39 is 39.4 Å². The highest BCUT2D eigenvalue weighted by atomic mass is 32.2. The Labute approximate surface area is 189 Å². The summed E-state index contributed by atoms with van der Waals surface area (Å²) >= 11 is 0. The molecule has 33 heavy (non-hydrogen) atoms. The maximum absolute atomic E-state index is 13.5. The maximum Gasteiger partial charge on any atom is 0.420 e. The fraction of sp³-hybridized carbons (Fsp3) is 0.300. The third-order valence-electron chi connectivity index (χ3n) is 4.20. The summed E-state index contributed by atoms with van der Waals surface area (Å²) in [6.45, 7) is 0.936. The molecule has 0 fully saturated rings. The Hall–Kier alpha value is -3.16. The van der Waals surface area contributed by atoms with Crippen molar-refractivity contribution in [2.75, 3.05) is 27.2 Å². The zero-order chi connectivity index (χ0) is 24.8. The van der Waals surface area contributed by atoms with E-state index in [0.29, 0.717) is 19.0 Å². The number of aliphatic imine (C=N–C) groups is 1. The molecule has 0 spiro atoms. The number of carbonyl (C=O) groups excluding carboxylic acids is 1. The normalized spacial score (nSPS) is 11.9. The molecule has 2 aromatic rings. The van der Waals surface area contributed by atoms with Crippen LogP contribution >= 0.6 is 0 Å². The SMILES string of the molecule is CN(C)CCCNS(=O)(=O)c1ccc(Oc2ccc(C(=O)N=C(N)N)cc2C(F)(F)F)cc1. The first-order valence-electron chi connectivity index (χ1n) is 9.57. The lowest BCUT2D eigenvalue weighted by Crippen LogP contribution is -2.27. The first-order chi connectivity index (χ1) is 15.3. The van der Waals surface area contributed by atoms with Crippen molar-refractivity contribution >= 4 is 21.9 Å². The molecular formula is C20H24F3N5O4S. The van der Waals surface area contributed by atoms with Gasteiger partial charge in [0.25, 0.3) is 5.91 Å². The van der Waals surface area contributed by atoms with E-state index in [9.17, 15) is 26.4 Å². The molecular weight excluding hydrogens is 463 g/mol. The zero-order valence-corrected chi connectivity index (χ0v) is 18.7. The molecule has 0 aliphatic heterocycles. The van der Waals surface area contributed by atoms with Crippen molar-refractivity contribution in [1.29, 1.82) is 0 Å². The van der Waals surface area contributed by atoms with Gasteiger partial charge in [0.1, 0.15) is 11.5 Å². The third-order valence-corrected chi connectivity index (χ3v) is 5.68. The number of rotatable bonds is 9. The highest BCUT2D eigenvalue weighted by Gasteiger charge is 2.35. The summed E-state index contributed by atoms with van der Waals surface area (Å²) in [5, 5.41) is 0. The van der Waals surface area contributed by atoms with Crippen LogP contribution in [0, 0.1) is 0 Å². The lowest BCUT2D eigenvalue weighted by atomic mass is 10.1. The summed E-state index contributed by atoms with van der Waals surface area (Å²) in [4.78, 5) is 16.9. The van der Waals surface area contributed by atoms with Gasteiger partial charge in [-0.2, -0.15) is 18.2 Å². The predicted molar refractivity (Wildman–Crippen MR) is 116 cm³/mol. The zero-order valence-electron chi connectivity index (χ0n) is 17.9. The van der Waals surface area contributed by atoms with Gasteiger partial charge in [0.15, 0.2) is 5.96 Å². The molecule has 0 atom stereocenters. The van der Waals surface area contributed by atoms with Crippen LogP contribution in [0.25, 0.3) is 0 Å². The molecule has 9 nitrogen and oxygen atoms in total. The highest BCUT2D eigenvalue weighted by Crippen LogP contribution is 2.39. The number of sulfonamides is 1. The van der Waals surface area contributed by atoms with E-state index in [4.69, 9.17) is 16.2 Å². The van der Waals surface area contributed by atoms with E-state index in [1.807, 2.05) is 19.0 Å². The van der Waals surface area contributed by atoms with Gasteiger partial charge < -0.3 is 21.1 Å². The Morgan fingerprint density at radius 1 is 1.12 bits per heavy atom. The largest absolute Gasteiger partial charge is 0.457 e. The molecule has 0 saturated heterocycles. The molecule has 0 aliphatic carbocycles. The summed E-state index contributed by atoms with van der Waals surface area (Å²) in [7, 11) is -0.0430. The van der Waals surface area contributed by atoms with Crippen LogP contribution in [0.15, 0.2) is 52.4 Å². The molecule has 0 bridgehead atoms. The molecule has 2 rings (SSSR count). The monoisotopic (exact) mass is 487 g/mol. The van der Waals surface area contributed by atoms with E-state index in [-0.39, 0.29) is 22.8 Å². The van der Waals surface area contributed by atoms with Gasteiger partial charge in [-0.15, -0.1) is 0 Å². The van der Waals surface area contributed by atoms with E-state index in [1.165, 1.54) is 24.3 Å². The Balaban J connectivity index is 2.21. The van der Waals surface area contributed by atoms with Gasteiger partial charge in [-0.25, -0.2) is 13.1 Å². The van der Waals surface area contributed by atoms with Crippen LogP contribution in [0.4, 0.5) is 13.2 Å². The molecule has 1 amide bonds. The average molecular weight is 488 g/mol. The Morgan fingerprint density at radius 2 is 1.76 bits per heavy atom. The van der Waals surface area contributed by atoms with Gasteiger partial charge in [0.05, 0.1) is 10.5 Å². The molecule has 13 heteroatoms. The summed E-state index contributed by atoms with van der Waals surface area (Å²) < 4.78 is 73.0. The second-order valence-electron chi connectivity index (χ2n) is 7.18. The first-order valence-corrected chi connectivity index (χ1v) is 11.1. The average Bonchev–Trinajstić information content (AvgIpc) is 2.70. The minimum atomic E-state index is -4.84. The van der Waals surface area contributed by atoms with Crippen LogP contribution < -0.4 is 20.9 Å². The number of nitrogens with one attached hydrogen (secondary N) is 1. The molecule has 5 N–H and O–H groups in total. The lowest BCUT2D eigenvalue weighted by molar-refractivity contribution is -0.138. The quantitative estimate of drug-likeness (QED) is 0.280. The van der Waals surface area contributed by atoms with Crippen LogP contribution in [0.5, 0.6) is 11.5 Å². The Morgan fingerprint density at radius 3 is 2.30 bits per heavy atom. The smallest absolute Gasteiger partial charge is 0.420 e. The molecule has 0 heterocycles. The molecule has 0 aliphatic rings. The molecule has 0 radical (unpaired) electrons. The van der Waals surface area contributed by atoms with Crippen molar-refractivity contribution in [2.24, 2.45) is 16.5 Å². The first kappa shape index (κ1) is 26.1. The van der Waals surface area contributed by atoms with Crippen molar-refractivity contribution in [3.8, 4) is 11.5 Å². The Bertz CT molecular complexity index is 1110. The minimum Gasteiger partial charge on any atom is -0.457 e. The summed E-state index contributed by atoms with van der Waals surface area (Å²) in [6, 6.07) is 7.49. The standard InChI is InChI=1S/C20H24F3N5O4S/c1-28(2)11-3-10-26-33(30,31)15-7-5-14(6-8-15)32-17-9-4-13(18(29)27-19(24)25)12-16(17)20(21,22)23/h4-9,12,26H,3,10-11H2,1-2H3,(H4,24,25,27,29). The van der Waals surface area contributed by atoms with E-state index in [0.717, 1.165) is 12.1 Å². The number of hydrogen-bond acceptors (Lipinski definition) is 5. The number of guanidine groups is 1. The number of alkyl halides is 3. The molecule has 0 unspecified atom stereocenters. The fourth-order valence-corrected chi connectivity index (χ4v) is 3.73. The highest BCUT2D eigenvalue weighted by molar-refractivity contribution is 7.89. The van der Waals surface area contributed by atoms with Gasteiger partial charge in [0, 0.05) is 12.1 Å². The fourth-order valence-electron chi connectivity index (χ4n) is 2.65. The summed E-state index contributed by atoms with van der Waals surface area (Å²) in [6.07, 6.45) is -4.24. The van der Waals surface area contributed by atoms with Crippen molar-refractivity contribution in [3.63, 3.8) is 0 Å². The minimum absolute atomic E-state index is 0.0321. The second kappa shape index (κ2) is 10.6. The van der Waals surface area contributed by atoms with Crippen molar-refractivity contribution < 1.29 is 31.1 Å². The molecule has 2 aromatic carbocycles. The van der Waals surface area contributed by atoms with Crippen molar-refractivity contribution in [3.05, 3.63) is 53.6 Å². The van der Waals surface area contributed by atoms with Crippen LogP contribution in [-0.4, -0.2) is 52.4 Å². The third kappa shape index (κ3) is 7.73. The second-order valence-corrected chi connectivity index (χ2v) is 8.95. The number of hydrogen-bond donors (Lipinski definition) is 3. The Kier molecular flexibility index (Phi) is 8.41. The van der Waals surface area contributed by atoms with Crippen molar-refractivity contribution in [2.45, 2.75) is 17.5 Å². The number of benzene rings is 2. The van der Waals surface area contributed by atoms with Crippen LogP contribution in [0.1, 0.15) is 22.3 Å². The van der Waals surface area contributed by atoms with E-state index >= 15 is 0 Å². The van der Waals surface area contributed by atoms with E-state index in [2.05, 4.69) is 9.71 Å². The maximum atomic E-state index is 13.5. The molecule has 0 saturated carbocycles. The number of amides is 1. The van der Waals surface area contributed by atoms with E-state index in [1.54, 1.807) is 0 Å². The molecule has 180 valence electrons. The summed E-state index contributed by atoms with van der Waals surface area (Å²) in [5.74, 6) is -2.24. The molecule has 0 aromatic heterocycles. The lowest BCUT2D eigenvalue weighted by Gasteiger charge is -2.15. The number of ether oxygens (including phenoxy) is 1. The van der Waals surface area contributed by atoms with Gasteiger partial charge in [-0.05, 0) is 69.5 Å². The number of carbonyl (C=O) groups is 1. The van der Waals surface area contributed by atoms with Crippen LogP contribution in [0.2, 0.25) is 0 Å². The topological polar surface area (TPSA) is 140 Å². The summed E-state index contributed by atoms with van der Waals surface area (Å²) in [5.41, 5.74) is 8.56. The van der Waals surface area contributed by atoms with Gasteiger partial charge in [0.2, 0.25) is 10.0 Å².